The number of fused-ring (bicyclic) bond motifs is 1. The third-order valence-corrected chi connectivity index (χ3v) is 5.29. The lowest BCUT2D eigenvalue weighted by molar-refractivity contribution is -0.149. The Morgan fingerprint density at radius 1 is 1.43 bits per heavy atom. The van der Waals surface area contributed by atoms with E-state index in [9.17, 15) is 4.79 Å². The molecule has 1 aromatic carbocycles. The third kappa shape index (κ3) is 4.51. The zero-order chi connectivity index (χ0) is 20.1. The summed E-state index contributed by atoms with van der Waals surface area (Å²) in [6.45, 7) is 6.40. The molecular weight excluding hydrogens is 358 g/mol. The molecule has 0 radical (unpaired) electrons. The van der Waals surface area contributed by atoms with Crippen LogP contribution in [-0.4, -0.2) is 56.8 Å². The summed E-state index contributed by atoms with van der Waals surface area (Å²) in [7, 11) is 3.45. The number of benzene rings is 1. The maximum Gasteiger partial charge on any atom is 0.310 e. The van der Waals surface area contributed by atoms with E-state index in [1.165, 1.54) is 5.56 Å². The summed E-state index contributed by atoms with van der Waals surface area (Å²) in [6, 6.07) is 4.12. The van der Waals surface area contributed by atoms with Crippen molar-refractivity contribution in [3.63, 3.8) is 0 Å². The molecule has 2 heterocycles. The summed E-state index contributed by atoms with van der Waals surface area (Å²) in [4.78, 5) is 18.7. The smallest absolute Gasteiger partial charge is 0.310 e. The van der Waals surface area contributed by atoms with E-state index in [4.69, 9.17) is 14.2 Å². The van der Waals surface area contributed by atoms with E-state index in [2.05, 4.69) is 34.3 Å². The van der Waals surface area contributed by atoms with Crippen LogP contribution in [-0.2, 0) is 22.5 Å². The number of carbonyl (C=O) groups excluding carboxylic acids is 1. The van der Waals surface area contributed by atoms with Crippen LogP contribution in [0.5, 0.6) is 11.5 Å². The molecule has 2 aliphatic rings. The molecule has 0 aliphatic carbocycles. The quantitative estimate of drug-likeness (QED) is 0.474. The molecule has 0 amide bonds. The van der Waals surface area contributed by atoms with Crippen LogP contribution in [0.3, 0.4) is 0 Å². The van der Waals surface area contributed by atoms with Gasteiger partial charge in [0.2, 0.25) is 0 Å². The first-order chi connectivity index (χ1) is 13.5. The number of likely N-dealkylation sites (tertiary alicyclic amines) is 1. The zero-order valence-corrected chi connectivity index (χ0v) is 17.3. The second-order valence-corrected chi connectivity index (χ2v) is 7.34. The second-order valence-electron chi connectivity index (χ2n) is 7.34. The van der Waals surface area contributed by atoms with Crippen molar-refractivity contribution < 1.29 is 19.0 Å². The maximum atomic E-state index is 12.1. The summed E-state index contributed by atoms with van der Waals surface area (Å²) in [5.74, 6) is 2.35. The lowest BCUT2D eigenvalue weighted by Crippen LogP contribution is -2.48. The molecule has 3 rings (SSSR count). The predicted molar refractivity (Wildman–Crippen MR) is 108 cm³/mol. The number of nitrogens with one attached hydrogen (secondary N) is 1. The molecule has 2 unspecified atom stereocenters. The molecular formula is C21H31N3O4. The lowest BCUT2D eigenvalue weighted by atomic mass is 9.98. The molecule has 0 aromatic heterocycles. The van der Waals surface area contributed by atoms with Gasteiger partial charge in [-0.1, -0.05) is 0 Å². The number of esters is 1. The number of carbonyl (C=O) groups is 1. The van der Waals surface area contributed by atoms with E-state index in [1.807, 2.05) is 6.92 Å². The maximum absolute atomic E-state index is 12.1. The van der Waals surface area contributed by atoms with E-state index >= 15 is 0 Å². The summed E-state index contributed by atoms with van der Waals surface area (Å²) in [5.41, 5.74) is 2.21. The Kier molecular flexibility index (Phi) is 6.65. The Bertz CT molecular complexity index is 735. The SMILES string of the molecule is CCOC(=O)C1CCCN(C(=NC)NCc2cc3c(cc2OC)CC(C)O3)C1. The van der Waals surface area contributed by atoms with Crippen LogP contribution in [0, 0.1) is 5.92 Å². The monoisotopic (exact) mass is 389 g/mol. The Morgan fingerprint density at radius 3 is 2.96 bits per heavy atom. The van der Waals surface area contributed by atoms with Gasteiger partial charge in [-0.3, -0.25) is 9.79 Å². The fourth-order valence-electron chi connectivity index (χ4n) is 3.94. The minimum atomic E-state index is -0.116. The Morgan fingerprint density at radius 2 is 2.25 bits per heavy atom. The highest BCUT2D eigenvalue weighted by molar-refractivity contribution is 5.81. The molecule has 1 saturated heterocycles. The van der Waals surface area contributed by atoms with Gasteiger partial charge >= 0.3 is 5.97 Å². The minimum Gasteiger partial charge on any atom is -0.496 e. The summed E-state index contributed by atoms with van der Waals surface area (Å²) < 4.78 is 16.7. The molecule has 7 nitrogen and oxygen atoms in total. The van der Waals surface area contributed by atoms with E-state index in [1.54, 1.807) is 14.2 Å². The highest BCUT2D eigenvalue weighted by Crippen LogP contribution is 2.35. The Hall–Kier alpha value is -2.44. The molecule has 28 heavy (non-hydrogen) atoms. The van der Waals surface area contributed by atoms with Crippen molar-refractivity contribution in [2.24, 2.45) is 10.9 Å². The predicted octanol–water partition coefficient (Wildman–Crippen LogP) is 2.37. The van der Waals surface area contributed by atoms with Gasteiger partial charge in [0.05, 0.1) is 19.6 Å². The molecule has 0 spiro atoms. The molecule has 0 saturated carbocycles. The van der Waals surface area contributed by atoms with Gasteiger partial charge < -0.3 is 24.4 Å². The van der Waals surface area contributed by atoms with Gasteiger partial charge in [-0.25, -0.2) is 0 Å². The number of nitrogens with zero attached hydrogens (tertiary/aromatic N) is 2. The number of guanidine groups is 1. The van der Waals surface area contributed by atoms with Crippen molar-refractivity contribution in [1.29, 1.82) is 0 Å². The average molecular weight is 389 g/mol. The van der Waals surface area contributed by atoms with Gasteiger partial charge in [0.15, 0.2) is 5.96 Å². The minimum absolute atomic E-state index is 0.100. The van der Waals surface area contributed by atoms with E-state index in [-0.39, 0.29) is 18.0 Å². The second kappa shape index (κ2) is 9.17. The van der Waals surface area contributed by atoms with E-state index < -0.39 is 0 Å². The van der Waals surface area contributed by atoms with Crippen molar-refractivity contribution in [2.45, 2.75) is 45.8 Å². The van der Waals surface area contributed by atoms with Crippen molar-refractivity contribution in [1.82, 2.24) is 10.2 Å². The molecule has 1 fully saturated rings. The van der Waals surface area contributed by atoms with Gasteiger partial charge in [0.1, 0.15) is 17.6 Å². The number of ether oxygens (including phenoxy) is 3. The highest BCUT2D eigenvalue weighted by Gasteiger charge is 2.28. The third-order valence-electron chi connectivity index (χ3n) is 5.29. The number of aliphatic imine (C=N–C) groups is 1. The van der Waals surface area contributed by atoms with Gasteiger partial charge in [-0.2, -0.15) is 0 Å². The van der Waals surface area contributed by atoms with Crippen LogP contribution >= 0.6 is 0 Å². The van der Waals surface area contributed by atoms with Crippen LogP contribution in [0.2, 0.25) is 0 Å². The number of piperidine rings is 1. The first-order valence-corrected chi connectivity index (χ1v) is 10.0. The molecule has 0 bridgehead atoms. The van der Waals surface area contributed by atoms with Crippen molar-refractivity contribution in [2.75, 3.05) is 33.9 Å². The number of hydrogen-bond acceptors (Lipinski definition) is 5. The van der Waals surface area contributed by atoms with Crippen LogP contribution < -0.4 is 14.8 Å². The summed E-state index contributed by atoms with van der Waals surface area (Å²) in [6.07, 6.45) is 2.91. The summed E-state index contributed by atoms with van der Waals surface area (Å²) in [5, 5.41) is 3.41. The van der Waals surface area contributed by atoms with Crippen LogP contribution in [0.1, 0.15) is 37.8 Å². The first kappa shape index (κ1) is 20.3. The standard InChI is InChI=1S/C21H31N3O4/c1-5-27-20(25)15-7-6-8-24(13-15)21(22-3)23-12-17-11-19-16(9-14(2)28-19)10-18(17)26-4/h10-11,14-15H,5-9,12-13H2,1-4H3,(H,22,23). The van der Waals surface area contributed by atoms with Gasteiger partial charge in [0, 0.05) is 44.2 Å². The number of methoxy groups -OCH3 is 1. The van der Waals surface area contributed by atoms with E-state index in [0.29, 0.717) is 19.7 Å². The molecule has 2 atom stereocenters. The number of rotatable bonds is 5. The van der Waals surface area contributed by atoms with Crippen molar-refractivity contribution >= 4 is 11.9 Å². The Labute approximate surface area is 167 Å². The zero-order valence-electron chi connectivity index (χ0n) is 17.3. The normalized spacial score (nSPS) is 21.7. The highest BCUT2D eigenvalue weighted by atomic mass is 16.5. The van der Waals surface area contributed by atoms with Crippen LogP contribution in [0.4, 0.5) is 0 Å². The number of hydrogen-bond donors (Lipinski definition) is 1. The van der Waals surface area contributed by atoms with Gasteiger partial charge in [-0.15, -0.1) is 0 Å². The lowest BCUT2D eigenvalue weighted by Gasteiger charge is -2.34. The Balaban J connectivity index is 1.66. The van der Waals surface area contributed by atoms with Crippen LogP contribution in [0.15, 0.2) is 17.1 Å². The van der Waals surface area contributed by atoms with Crippen molar-refractivity contribution in [3.05, 3.63) is 23.3 Å². The summed E-state index contributed by atoms with van der Waals surface area (Å²) >= 11 is 0. The molecule has 1 N–H and O–H groups in total. The van der Waals surface area contributed by atoms with Gasteiger partial charge in [0.25, 0.3) is 0 Å². The van der Waals surface area contributed by atoms with Crippen molar-refractivity contribution in [3.8, 4) is 11.5 Å². The molecule has 154 valence electrons. The van der Waals surface area contributed by atoms with Crippen LogP contribution in [0.25, 0.3) is 0 Å². The average Bonchev–Trinajstić information content (AvgIpc) is 3.07. The largest absolute Gasteiger partial charge is 0.496 e. The molecule has 1 aromatic rings. The molecule has 2 aliphatic heterocycles. The first-order valence-electron chi connectivity index (χ1n) is 10.0. The topological polar surface area (TPSA) is 72.4 Å². The fourth-order valence-corrected chi connectivity index (χ4v) is 3.94. The van der Waals surface area contributed by atoms with E-state index in [0.717, 1.165) is 48.8 Å². The fraction of sp³-hybridized carbons (Fsp3) is 0.619. The molecule has 7 heteroatoms. The van der Waals surface area contributed by atoms with Gasteiger partial charge in [-0.05, 0) is 38.8 Å².